The maximum absolute atomic E-state index is 9.90. The SMILES string of the molecule is COC(OC)[C@@]1(CO)CCCc2cc(Cl)ccc21. The van der Waals surface area contributed by atoms with E-state index in [1.165, 1.54) is 5.56 Å². The minimum atomic E-state index is -0.484. The van der Waals surface area contributed by atoms with Gasteiger partial charge in [0.05, 0.1) is 12.0 Å². The number of methoxy groups -OCH3 is 2. The zero-order chi connectivity index (χ0) is 13.2. The molecule has 0 spiro atoms. The number of aliphatic hydroxyl groups is 1. The minimum Gasteiger partial charge on any atom is -0.395 e. The van der Waals surface area contributed by atoms with Gasteiger partial charge in [0.1, 0.15) is 0 Å². The van der Waals surface area contributed by atoms with Gasteiger partial charge in [0.25, 0.3) is 0 Å². The number of rotatable bonds is 4. The monoisotopic (exact) mass is 270 g/mol. The Kier molecular flexibility index (Phi) is 4.28. The van der Waals surface area contributed by atoms with Crippen LogP contribution in [0.1, 0.15) is 24.0 Å². The molecule has 0 amide bonds. The highest BCUT2D eigenvalue weighted by atomic mass is 35.5. The summed E-state index contributed by atoms with van der Waals surface area (Å²) in [7, 11) is 3.21. The molecular weight excluding hydrogens is 252 g/mol. The molecule has 100 valence electrons. The van der Waals surface area contributed by atoms with Crippen molar-refractivity contribution in [1.29, 1.82) is 0 Å². The van der Waals surface area contributed by atoms with Crippen LogP contribution in [0.3, 0.4) is 0 Å². The molecule has 0 heterocycles. The van der Waals surface area contributed by atoms with Crippen molar-refractivity contribution in [2.45, 2.75) is 31.0 Å². The van der Waals surface area contributed by atoms with Crippen LogP contribution in [-0.4, -0.2) is 32.2 Å². The Hall–Kier alpha value is -0.610. The zero-order valence-electron chi connectivity index (χ0n) is 10.8. The summed E-state index contributed by atoms with van der Waals surface area (Å²) in [6.45, 7) is 0.00792. The molecule has 0 saturated carbocycles. The molecule has 4 heteroatoms. The number of halogens is 1. The van der Waals surface area contributed by atoms with E-state index in [9.17, 15) is 5.11 Å². The van der Waals surface area contributed by atoms with Crippen molar-refractivity contribution in [1.82, 2.24) is 0 Å². The van der Waals surface area contributed by atoms with Crippen molar-refractivity contribution in [2.24, 2.45) is 0 Å². The van der Waals surface area contributed by atoms with Gasteiger partial charge in [0.15, 0.2) is 6.29 Å². The van der Waals surface area contributed by atoms with E-state index < -0.39 is 11.7 Å². The normalized spacial score (nSPS) is 23.2. The Morgan fingerprint density at radius 2 is 2.11 bits per heavy atom. The summed E-state index contributed by atoms with van der Waals surface area (Å²) in [6.07, 6.45) is 2.39. The van der Waals surface area contributed by atoms with E-state index in [4.69, 9.17) is 21.1 Å². The lowest BCUT2D eigenvalue weighted by Crippen LogP contribution is -2.47. The van der Waals surface area contributed by atoms with Crippen LogP contribution < -0.4 is 0 Å². The summed E-state index contributed by atoms with van der Waals surface area (Å²) < 4.78 is 10.8. The summed E-state index contributed by atoms with van der Waals surface area (Å²) in [6, 6.07) is 5.82. The molecule has 1 aliphatic carbocycles. The maximum atomic E-state index is 9.90. The van der Waals surface area contributed by atoms with Crippen LogP contribution in [0.4, 0.5) is 0 Å². The minimum absolute atomic E-state index is 0.00792. The highest BCUT2D eigenvalue weighted by Crippen LogP contribution is 2.41. The third-order valence-electron chi connectivity index (χ3n) is 3.83. The zero-order valence-corrected chi connectivity index (χ0v) is 11.5. The van der Waals surface area contributed by atoms with Crippen LogP contribution in [0.5, 0.6) is 0 Å². The molecule has 1 aromatic rings. The van der Waals surface area contributed by atoms with Gasteiger partial charge in [-0.3, -0.25) is 0 Å². The van der Waals surface area contributed by atoms with Crippen LogP contribution in [0.15, 0.2) is 18.2 Å². The van der Waals surface area contributed by atoms with Gasteiger partial charge in [0, 0.05) is 19.2 Å². The molecule has 18 heavy (non-hydrogen) atoms. The number of aliphatic hydroxyl groups excluding tert-OH is 1. The fraction of sp³-hybridized carbons (Fsp3) is 0.571. The number of aryl methyl sites for hydroxylation is 1. The first-order valence-electron chi connectivity index (χ1n) is 6.13. The second-order valence-corrected chi connectivity index (χ2v) is 5.21. The Morgan fingerprint density at radius 1 is 1.39 bits per heavy atom. The summed E-state index contributed by atoms with van der Waals surface area (Å²) in [4.78, 5) is 0. The van der Waals surface area contributed by atoms with Gasteiger partial charge in [0.2, 0.25) is 0 Å². The molecule has 3 nitrogen and oxygen atoms in total. The Balaban J connectivity index is 2.51. The molecule has 0 unspecified atom stereocenters. The van der Waals surface area contributed by atoms with E-state index in [0.717, 1.165) is 29.8 Å². The number of benzene rings is 1. The fourth-order valence-corrected chi connectivity index (χ4v) is 3.21. The van der Waals surface area contributed by atoms with Crippen molar-refractivity contribution in [3.63, 3.8) is 0 Å². The average molecular weight is 271 g/mol. The van der Waals surface area contributed by atoms with Gasteiger partial charge in [-0.1, -0.05) is 17.7 Å². The van der Waals surface area contributed by atoms with E-state index in [0.29, 0.717) is 0 Å². The first kappa shape index (κ1) is 13.8. The van der Waals surface area contributed by atoms with Crippen molar-refractivity contribution < 1.29 is 14.6 Å². The molecule has 1 N–H and O–H groups in total. The molecule has 2 rings (SSSR count). The molecule has 0 radical (unpaired) electrons. The van der Waals surface area contributed by atoms with Crippen molar-refractivity contribution in [3.8, 4) is 0 Å². The molecule has 0 aliphatic heterocycles. The van der Waals surface area contributed by atoms with E-state index in [1.807, 2.05) is 18.2 Å². The molecule has 0 bridgehead atoms. The fourth-order valence-electron chi connectivity index (χ4n) is 3.01. The first-order chi connectivity index (χ1) is 8.67. The quantitative estimate of drug-likeness (QED) is 0.855. The van der Waals surface area contributed by atoms with Gasteiger partial charge < -0.3 is 14.6 Å². The predicted molar refractivity (Wildman–Crippen MR) is 71.0 cm³/mol. The highest BCUT2D eigenvalue weighted by Gasteiger charge is 2.43. The van der Waals surface area contributed by atoms with E-state index in [1.54, 1.807) is 14.2 Å². The molecule has 1 aromatic carbocycles. The van der Waals surface area contributed by atoms with Gasteiger partial charge >= 0.3 is 0 Å². The van der Waals surface area contributed by atoms with Gasteiger partial charge in [-0.2, -0.15) is 0 Å². The lowest BCUT2D eigenvalue weighted by Gasteiger charge is -2.42. The highest BCUT2D eigenvalue weighted by molar-refractivity contribution is 6.30. The lowest BCUT2D eigenvalue weighted by molar-refractivity contribution is -0.164. The molecule has 0 aromatic heterocycles. The number of fused-ring (bicyclic) bond motifs is 1. The lowest BCUT2D eigenvalue weighted by atomic mass is 9.70. The average Bonchev–Trinajstić information content (AvgIpc) is 2.39. The first-order valence-corrected chi connectivity index (χ1v) is 6.51. The van der Waals surface area contributed by atoms with Gasteiger partial charge in [-0.05, 0) is 42.5 Å². The number of hydrogen-bond donors (Lipinski definition) is 1. The van der Waals surface area contributed by atoms with Crippen LogP contribution in [0.25, 0.3) is 0 Å². The Morgan fingerprint density at radius 3 is 2.72 bits per heavy atom. The predicted octanol–water partition coefficient (Wildman–Crippen LogP) is 2.53. The topological polar surface area (TPSA) is 38.7 Å². The van der Waals surface area contributed by atoms with Crippen molar-refractivity contribution >= 4 is 11.6 Å². The third kappa shape index (κ3) is 2.16. The summed E-state index contributed by atoms with van der Waals surface area (Å²) >= 11 is 6.04. The summed E-state index contributed by atoms with van der Waals surface area (Å²) in [5, 5.41) is 10.6. The molecule has 0 saturated heterocycles. The van der Waals surface area contributed by atoms with Crippen molar-refractivity contribution in [3.05, 3.63) is 34.3 Å². The maximum Gasteiger partial charge on any atom is 0.168 e. The molecule has 0 fully saturated rings. The van der Waals surface area contributed by atoms with Crippen LogP contribution in [0.2, 0.25) is 5.02 Å². The second kappa shape index (κ2) is 5.57. The summed E-state index contributed by atoms with van der Waals surface area (Å²) in [5.74, 6) is 0. The number of hydrogen-bond acceptors (Lipinski definition) is 3. The van der Waals surface area contributed by atoms with Crippen LogP contribution in [0, 0.1) is 0 Å². The summed E-state index contributed by atoms with van der Waals surface area (Å²) in [5.41, 5.74) is 1.79. The van der Waals surface area contributed by atoms with E-state index in [-0.39, 0.29) is 6.61 Å². The van der Waals surface area contributed by atoms with Crippen LogP contribution in [-0.2, 0) is 21.3 Å². The molecule has 1 atom stereocenters. The second-order valence-electron chi connectivity index (χ2n) is 4.77. The van der Waals surface area contributed by atoms with Crippen molar-refractivity contribution in [2.75, 3.05) is 20.8 Å². The van der Waals surface area contributed by atoms with Gasteiger partial charge in [-0.15, -0.1) is 0 Å². The standard InChI is InChI=1S/C14H19ClO3/c1-17-13(18-2)14(9-16)7-3-4-10-8-11(15)5-6-12(10)14/h5-6,8,13,16H,3-4,7,9H2,1-2H3/t14-/m1/s1. The largest absolute Gasteiger partial charge is 0.395 e. The van der Waals surface area contributed by atoms with Gasteiger partial charge in [-0.25, -0.2) is 0 Å². The molecular formula is C14H19ClO3. The molecule has 1 aliphatic rings. The number of ether oxygens (including phenoxy) is 2. The smallest absolute Gasteiger partial charge is 0.168 e. The Bertz CT molecular complexity index is 418. The van der Waals surface area contributed by atoms with E-state index >= 15 is 0 Å². The van der Waals surface area contributed by atoms with E-state index in [2.05, 4.69) is 0 Å². The third-order valence-corrected chi connectivity index (χ3v) is 4.07. The Labute approximate surface area is 113 Å². The van der Waals surface area contributed by atoms with Crippen LogP contribution >= 0.6 is 11.6 Å².